The van der Waals surface area contributed by atoms with Gasteiger partial charge in [-0.1, -0.05) is 6.92 Å². The zero-order valence-electron chi connectivity index (χ0n) is 16.5. The van der Waals surface area contributed by atoms with E-state index >= 15 is 0 Å². The Morgan fingerprint density at radius 2 is 2.19 bits per heavy atom. The molecule has 146 valence electrons. The highest BCUT2D eigenvalue weighted by molar-refractivity contribution is 5.80. The predicted molar refractivity (Wildman–Crippen MR) is 105 cm³/mol. The smallest absolute Gasteiger partial charge is 0.193 e. The van der Waals surface area contributed by atoms with E-state index < -0.39 is 0 Å². The second-order valence-electron chi connectivity index (χ2n) is 7.59. The van der Waals surface area contributed by atoms with Crippen molar-refractivity contribution in [3.63, 3.8) is 0 Å². The van der Waals surface area contributed by atoms with Crippen LogP contribution in [0, 0.1) is 5.92 Å². The van der Waals surface area contributed by atoms with Gasteiger partial charge in [0, 0.05) is 65.0 Å². The highest BCUT2D eigenvalue weighted by Gasteiger charge is 2.27. The predicted octanol–water partition coefficient (Wildman–Crippen LogP) is 1.14. The van der Waals surface area contributed by atoms with Crippen LogP contribution in [0.2, 0.25) is 0 Å². The van der Waals surface area contributed by atoms with Gasteiger partial charge in [0.05, 0.1) is 19.4 Å². The summed E-state index contributed by atoms with van der Waals surface area (Å²) in [6, 6.07) is 0. The zero-order chi connectivity index (χ0) is 18.4. The molecule has 7 nitrogen and oxygen atoms in total. The van der Waals surface area contributed by atoms with Crippen LogP contribution in [0.1, 0.15) is 31.7 Å². The number of likely N-dealkylation sites (tertiary alicyclic amines) is 1. The van der Waals surface area contributed by atoms with Crippen molar-refractivity contribution in [2.24, 2.45) is 18.0 Å². The summed E-state index contributed by atoms with van der Waals surface area (Å²) in [7, 11) is 1.98. The molecule has 26 heavy (non-hydrogen) atoms. The normalized spacial score (nSPS) is 23.4. The number of hydrogen-bond acceptors (Lipinski definition) is 4. The molecule has 2 unspecified atom stereocenters. The topological polar surface area (TPSA) is 57.9 Å². The molecule has 7 heteroatoms. The standard InChI is InChI=1S/C19H34N6O/c1-4-20-19(21-11-16(2)13-24-7-9-26-10-8-24)25-6-5-17(15-25)18-12-22-23(3)14-18/h12,14,16-17H,4-11,13,15H2,1-3H3,(H,20,21). The second kappa shape index (κ2) is 9.37. The van der Waals surface area contributed by atoms with Crippen LogP contribution < -0.4 is 5.32 Å². The van der Waals surface area contributed by atoms with Crippen LogP contribution in [0.25, 0.3) is 0 Å². The molecule has 0 radical (unpaired) electrons. The summed E-state index contributed by atoms with van der Waals surface area (Å²) >= 11 is 0. The fourth-order valence-electron chi connectivity index (χ4n) is 3.83. The SMILES string of the molecule is CCNC(=NCC(C)CN1CCOCC1)N1CCC(c2cnn(C)c2)C1. The third-order valence-electron chi connectivity index (χ3n) is 5.25. The molecule has 0 saturated carbocycles. The quantitative estimate of drug-likeness (QED) is 0.608. The first kappa shape index (κ1) is 19.2. The number of hydrogen-bond donors (Lipinski definition) is 1. The first-order valence-electron chi connectivity index (χ1n) is 9.97. The molecule has 1 aromatic heterocycles. The van der Waals surface area contributed by atoms with Crippen molar-refractivity contribution in [2.75, 3.05) is 59.0 Å². The molecule has 0 bridgehead atoms. The Bertz CT molecular complexity index is 580. The summed E-state index contributed by atoms with van der Waals surface area (Å²) in [5.74, 6) is 2.17. The van der Waals surface area contributed by atoms with Gasteiger partial charge >= 0.3 is 0 Å². The third kappa shape index (κ3) is 5.20. The molecule has 2 saturated heterocycles. The van der Waals surface area contributed by atoms with Crippen LogP contribution in [0.4, 0.5) is 0 Å². The van der Waals surface area contributed by atoms with Crippen molar-refractivity contribution >= 4 is 5.96 Å². The number of nitrogens with one attached hydrogen (secondary N) is 1. The van der Waals surface area contributed by atoms with Crippen molar-refractivity contribution in [3.8, 4) is 0 Å². The summed E-state index contributed by atoms with van der Waals surface area (Å²) in [6.45, 7) is 13.2. The molecule has 2 fully saturated rings. The van der Waals surface area contributed by atoms with Crippen LogP contribution in [0.3, 0.4) is 0 Å². The molecule has 2 aliphatic rings. The third-order valence-corrected chi connectivity index (χ3v) is 5.25. The first-order valence-corrected chi connectivity index (χ1v) is 9.97. The number of nitrogens with zero attached hydrogens (tertiary/aromatic N) is 5. The average Bonchev–Trinajstić information content (AvgIpc) is 3.28. The van der Waals surface area contributed by atoms with Gasteiger partial charge in [0.25, 0.3) is 0 Å². The summed E-state index contributed by atoms with van der Waals surface area (Å²) in [5.41, 5.74) is 1.34. The zero-order valence-corrected chi connectivity index (χ0v) is 16.5. The second-order valence-corrected chi connectivity index (χ2v) is 7.59. The van der Waals surface area contributed by atoms with Crippen molar-refractivity contribution in [3.05, 3.63) is 18.0 Å². The number of aliphatic imine (C=N–C) groups is 1. The Balaban J connectivity index is 1.53. The molecular formula is C19H34N6O. The lowest BCUT2D eigenvalue weighted by Gasteiger charge is -2.29. The molecule has 0 aromatic carbocycles. The summed E-state index contributed by atoms with van der Waals surface area (Å²) in [5, 5.41) is 7.80. The van der Waals surface area contributed by atoms with Gasteiger partial charge in [-0.3, -0.25) is 14.6 Å². The largest absolute Gasteiger partial charge is 0.379 e. The van der Waals surface area contributed by atoms with Gasteiger partial charge in [-0.15, -0.1) is 0 Å². The summed E-state index contributed by atoms with van der Waals surface area (Å²) in [4.78, 5) is 9.84. The number of rotatable bonds is 6. The van der Waals surface area contributed by atoms with E-state index in [1.54, 1.807) is 0 Å². The maximum Gasteiger partial charge on any atom is 0.193 e. The highest BCUT2D eigenvalue weighted by Crippen LogP contribution is 2.26. The first-order chi connectivity index (χ1) is 12.7. The highest BCUT2D eigenvalue weighted by atomic mass is 16.5. The molecule has 0 spiro atoms. The van der Waals surface area contributed by atoms with Crippen molar-refractivity contribution in [2.45, 2.75) is 26.2 Å². The van der Waals surface area contributed by atoms with Gasteiger partial charge in [-0.2, -0.15) is 5.10 Å². The van der Waals surface area contributed by atoms with Crippen molar-refractivity contribution in [1.29, 1.82) is 0 Å². The minimum Gasteiger partial charge on any atom is -0.379 e. The monoisotopic (exact) mass is 362 g/mol. The molecule has 0 aliphatic carbocycles. The molecule has 0 amide bonds. The average molecular weight is 363 g/mol. The van der Waals surface area contributed by atoms with E-state index in [0.29, 0.717) is 11.8 Å². The van der Waals surface area contributed by atoms with Gasteiger partial charge in [-0.25, -0.2) is 0 Å². The fraction of sp³-hybridized carbons (Fsp3) is 0.789. The maximum atomic E-state index is 5.44. The molecule has 2 aliphatic heterocycles. The summed E-state index contributed by atoms with van der Waals surface area (Å²) in [6.07, 6.45) is 5.31. The lowest BCUT2D eigenvalue weighted by atomic mass is 10.0. The Morgan fingerprint density at radius 1 is 1.38 bits per heavy atom. The molecular weight excluding hydrogens is 328 g/mol. The van der Waals surface area contributed by atoms with E-state index in [2.05, 4.69) is 40.3 Å². The van der Waals surface area contributed by atoms with Crippen molar-refractivity contribution < 1.29 is 4.74 Å². The van der Waals surface area contributed by atoms with E-state index in [-0.39, 0.29) is 0 Å². The van der Waals surface area contributed by atoms with Gasteiger partial charge in [0.2, 0.25) is 0 Å². The van der Waals surface area contributed by atoms with Crippen LogP contribution in [0.15, 0.2) is 17.4 Å². The van der Waals surface area contributed by atoms with E-state index in [4.69, 9.17) is 9.73 Å². The minimum atomic E-state index is 0.554. The van der Waals surface area contributed by atoms with E-state index in [1.807, 2.05) is 17.9 Å². The van der Waals surface area contributed by atoms with Crippen LogP contribution >= 0.6 is 0 Å². The fourth-order valence-corrected chi connectivity index (χ4v) is 3.83. The molecule has 3 rings (SSSR count). The molecule has 1 aromatic rings. The number of aromatic nitrogens is 2. The van der Waals surface area contributed by atoms with Crippen LogP contribution in [0.5, 0.6) is 0 Å². The van der Waals surface area contributed by atoms with Gasteiger partial charge in [-0.05, 0) is 24.8 Å². The number of aryl methyl sites for hydroxylation is 1. The van der Waals surface area contributed by atoms with Crippen LogP contribution in [-0.2, 0) is 11.8 Å². The molecule has 2 atom stereocenters. The van der Waals surface area contributed by atoms with Crippen LogP contribution in [-0.4, -0.2) is 84.6 Å². The van der Waals surface area contributed by atoms with Gasteiger partial charge in [0.1, 0.15) is 0 Å². The Hall–Kier alpha value is -1.60. The lowest BCUT2D eigenvalue weighted by Crippen LogP contribution is -2.41. The maximum absolute atomic E-state index is 5.44. The Morgan fingerprint density at radius 3 is 2.88 bits per heavy atom. The van der Waals surface area contributed by atoms with Crippen molar-refractivity contribution in [1.82, 2.24) is 24.9 Å². The molecule has 1 N–H and O–H groups in total. The Kier molecular flexibility index (Phi) is 6.91. The van der Waals surface area contributed by atoms with Gasteiger partial charge < -0.3 is 15.0 Å². The minimum absolute atomic E-state index is 0.554. The molecule has 3 heterocycles. The van der Waals surface area contributed by atoms with E-state index in [1.165, 1.54) is 12.0 Å². The number of morpholine rings is 1. The van der Waals surface area contributed by atoms with Gasteiger partial charge in [0.15, 0.2) is 5.96 Å². The Labute approximate surface area is 157 Å². The number of guanidine groups is 1. The lowest BCUT2D eigenvalue weighted by molar-refractivity contribution is 0.0323. The number of ether oxygens (including phenoxy) is 1. The summed E-state index contributed by atoms with van der Waals surface area (Å²) < 4.78 is 7.33. The van der Waals surface area contributed by atoms with E-state index in [0.717, 1.165) is 65.0 Å². The van der Waals surface area contributed by atoms with E-state index in [9.17, 15) is 0 Å².